The van der Waals surface area contributed by atoms with Gasteiger partial charge in [0.15, 0.2) is 0 Å². The number of carbonyl (C=O) groups excluding carboxylic acids is 1. The van der Waals surface area contributed by atoms with E-state index in [2.05, 4.69) is 10.4 Å². The van der Waals surface area contributed by atoms with Crippen LogP contribution in [0.3, 0.4) is 0 Å². The molecule has 136 valence electrons. The van der Waals surface area contributed by atoms with Crippen LogP contribution in [0.15, 0.2) is 0 Å². The summed E-state index contributed by atoms with van der Waals surface area (Å²) in [5.74, 6) is 0.0871. The molecule has 2 heterocycles. The van der Waals surface area contributed by atoms with Gasteiger partial charge in [0.2, 0.25) is 0 Å². The van der Waals surface area contributed by atoms with Crippen molar-refractivity contribution in [3.05, 3.63) is 17.0 Å². The fourth-order valence-corrected chi connectivity index (χ4v) is 3.18. The van der Waals surface area contributed by atoms with E-state index in [0.717, 1.165) is 11.1 Å². The zero-order valence-corrected chi connectivity index (χ0v) is 14.0. The SMILES string of the molecule is Cc1nn(CC(F)(F)F)c(C)c1[C@@H](C)NC(=O)N1CC[C@H](CO)C1. The Morgan fingerprint density at radius 1 is 1.46 bits per heavy atom. The lowest BCUT2D eigenvalue weighted by atomic mass is 10.1. The van der Waals surface area contributed by atoms with E-state index in [-0.39, 0.29) is 18.6 Å². The summed E-state index contributed by atoms with van der Waals surface area (Å²) in [4.78, 5) is 13.9. The second-order valence-corrected chi connectivity index (χ2v) is 6.31. The van der Waals surface area contributed by atoms with Crippen LogP contribution in [0.2, 0.25) is 0 Å². The average molecular weight is 348 g/mol. The van der Waals surface area contributed by atoms with E-state index >= 15 is 0 Å². The summed E-state index contributed by atoms with van der Waals surface area (Å²) in [7, 11) is 0. The standard InChI is InChI=1S/C15H23F3N4O2/c1-9(19-14(24)21-5-4-12(6-21)7-23)13-10(2)20-22(11(13)3)8-15(16,17)18/h9,12,23H,4-8H2,1-3H3,(H,19,24)/t9-,12+/m1/s1. The fourth-order valence-electron chi connectivity index (χ4n) is 3.18. The number of rotatable bonds is 4. The number of alkyl halides is 3. The van der Waals surface area contributed by atoms with Gasteiger partial charge in [0.1, 0.15) is 6.54 Å². The first kappa shape index (κ1) is 18.6. The molecule has 1 saturated heterocycles. The molecule has 0 saturated carbocycles. The number of hydrogen-bond acceptors (Lipinski definition) is 3. The number of aryl methyl sites for hydroxylation is 1. The molecule has 1 aromatic rings. The van der Waals surface area contributed by atoms with Crippen molar-refractivity contribution in [1.29, 1.82) is 0 Å². The first-order valence-electron chi connectivity index (χ1n) is 7.89. The zero-order chi connectivity index (χ0) is 18.1. The molecule has 2 rings (SSSR count). The van der Waals surface area contributed by atoms with Crippen LogP contribution in [0.4, 0.5) is 18.0 Å². The van der Waals surface area contributed by atoms with Crippen molar-refractivity contribution in [2.45, 2.75) is 46.0 Å². The molecule has 1 fully saturated rings. The predicted octanol–water partition coefficient (Wildman–Crippen LogP) is 2.15. The second-order valence-electron chi connectivity index (χ2n) is 6.31. The molecule has 2 amide bonds. The Bertz CT molecular complexity index is 600. The van der Waals surface area contributed by atoms with Crippen molar-refractivity contribution >= 4 is 6.03 Å². The number of halogens is 3. The number of carbonyl (C=O) groups is 1. The van der Waals surface area contributed by atoms with Crippen LogP contribution in [-0.4, -0.2) is 51.7 Å². The minimum absolute atomic E-state index is 0.0434. The highest BCUT2D eigenvalue weighted by molar-refractivity contribution is 5.75. The van der Waals surface area contributed by atoms with Gasteiger partial charge in [-0.25, -0.2) is 4.79 Å². The third kappa shape index (κ3) is 4.19. The number of nitrogens with one attached hydrogen (secondary N) is 1. The van der Waals surface area contributed by atoms with Gasteiger partial charge in [0.05, 0.1) is 11.7 Å². The van der Waals surface area contributed by atoms with Crippen molar-refractivity contribution in [3.8, 4) is 0 Å². The third-order valence-electron chi connectivity index (χ3n) is 4.37. The summed E-state index contributed by atoms with van der Waals surface area (Å²) in [6.07, 6.45) is -3.60. The lowest BCUT2D eigenvalue weighted by Crippen LogP contribution is -2.40. The molecule has 24 heavy (non-hydrogen) atoms. The third-order valence-corrected chi connectivity index (χ3v) is 4.37. The summed E-state index contributed by atoms with van der Waals surface area (Å²) in [6.45, 7) is 4.88. The molecule has 1 aliphatic rings. The lowest BCUT2D eigenvalue weighted by molar-refractivity contribution is -0.143. The van der Waals surface area contributed by atoms with Crippen molar-refractivity contribution in [3.63, 3.8) is 0 Å². The molecule has 9 heteroatoms. The van der Waals surface area contributed by atoms with Crippen LogP contribution in [0, 0.1) is 19.8 Å². The van der Waals surface area contributed by atoms with Gasteiger partial charge in [-0.05, 0) is 27.2 Å². The van der Waals surface area contributed by atoms with E-state index in [1.165, 1.54) is 0 Å². The van der Waals surface area contributed by atoms with Gasteiger partial charge in [-0.2, -0.15) is 18.3 Å². The number of likely N-dealkylation sites (tertiary alicyclic amines) is 1. The fraction of sp³-hybridized carbons (Fsp3) is 0.733. The number of urea groups is 1. The molecular weight excluding hydrogens is 325 g/mol. The van der Waals surface area contributed by atoms with Gasteiger partial charge in [0, 0.05) is 36.9 Å². The largest absolute Gasteiger partial charge is 0.408 e. The number of aliphatic hydroxyl groups excluding tert-OH is 1. The van der Waals surface area contributed by atoms with Crippen LogP contribution in [0.5, 0.6) is 0 Å². The van der Waals surface area contributed by atoms with Crippen molar-refractivity contribution in [1.82, 2.24) is 20.0 Å². The Kier molecular flexibility index (Phi) is 5.42. The minimum atomic E-state index is -4.35. The van der Waals surface area contributed by atoms with E-state index in [4.69, 9.17) is 5.11 Å². The van der Waals surface area contributed by atoms with Gasteiger partial charge in [-0.15, -0.1) is 0 Å². The van der Waals surface area contributed by atoms with Crippen LogP contribution in [-0.2, 0) is 6.54 Å². The summed E-state index contributed by atoms with van der Waals surface area (Å²) in [5, 5.41) is 15.9. The number of aromatic nitrogens is 2. The predicted molar refractivity (Wildman–Crippen MR) is 81.5 cm³/mol. The monoisotopic (exact) mass is 348 g/mol. The lowest BCUT2D eigenvalue weighted by Gasteiger charge is -2.21. The molecule has 0 radical (unpaired) electrons. The maximum atomic E-state index is 12.6. The normalized spacial score (nSPS) is 19.6. The molecule has 0 unspecified atom stereocenters. The van der Waals surface area contributed by atoms with Crippen LogP contribution in [0.25, 0.3) is 0 Å². The van der Waals surface area contributed by atoms with Gasteiger partial charge in [0.25, 0.3) is 0 Å². The van der Waals surface area contributed by atoms with Gasteiger partial charge in [-0.1, -0.05) is 0 Å². The van der Waals surface area contributed by atoms with Crippen molar-refractivity contribution in [2.24, 2.45) is 5.92 Å². The topological polar surface area (TPSA) is 70.4 Å². The maximum absolute atomic E-state index is 12.6. The molecule has 1 aromatic heterocycles. The summed E-state index contributed by atoms with van der Waals surface area (Å²) in [6, 6.07) is -0.728. The zero-order valence-electron chi connectivity index (χ0n) is 14.0. The second kappa shape index (κ2) is 7.00. The number of nitrogens with zero attached hydrogens (tertiary/aromatic N) is 3. The smallest absolute Gasteiger partial charge is 0.396 e. The molecule has 0 bridgehead atoms. The molecular formula is C15H23F3N4O2. The molecule has 2 atom stereocenters. The highest BCUT2D eigenvalue weighted by Crippen LogP contribution is 2.25. The Morgan fingerprint density at radius 3 is 2.67 bits per heavy atom. The first-order chi connectivity index (χ1) is 11.1. The van der Waals surface area contributed by atoms with Gasteiger partial charge >= 0.3 is 12.2 Å². The van der Waals surface area contributed by atoms with E-state index in [9.17, 15) is 18.0 Å². The van der Waals surface area contributed by atoms with Crippen LogP contribution >= 0.6 is 0 Å². The van der Waals surface area contributed by atoms with E-state index in [1.54, 1.807) is 25.7 Å². The quantitative estimate of drug-likeness (QED) is 0.876. The Balaban J connectivity index is 2.07. The van der Waals surface area contributed by atoms with Crippen LogP contribution in [0.1, 0.15) is 36.3 Å². The first-order valence-corrected chi connectivity index (χ1v) is 7.89. The van der Waals surface area contributed by atoms with E-state index < -0.39 is 18.8 Å². The summed E-state index contributed by atoms with van der Waals surface area (Å²) >= 11 is 0. The molecule has 6 nitrogen and oxygen atoms in total. The Labute approximate surface area is 138 Å². The van der Waals surface area contributed by atoms with E-state index in [0.29, 0.717) is 30.0 Å². The molecule has 0 aromatic carbocycles. The molecule has 1 aliphatic heterocycles. The van der Waals surface area contributed by atoms with Crippen LogP contribution < -0.4 is 5.32 Å². The molecule has 2 N–H and O–H groups in total. The number of amides is 2. The van der Waals surface area contributed by atoms with Gasteiger partial charge < -0.3 is 15.3 Å². The summed E-state index contributed by atoms with van der Waals surface area (Å²) in [5.41, 5.74) is 1.47. The minimum Gasteiger partial charge on any atom is -0.396 e. The van der Waals surface area contributed by atoms with E-state index in [1.807, 2.05) is 0 Å². The number of hydrogen-bond donors (Lipinski definition) is 2. The average Bonchev–Trinajstić information content (AvgIpc) is 3.03. The van der Waals surface area contributed by atoms with Crippen molar-refractivity contribution < 1.29 is 23.1 Å². The maximum Gasteiger partial charge on any atom is 0.408 e. The van der Waals surface area contributed by atoms with Crippen molar-refractivity contribution in [2.75, 3.05) is 19.7 Å². The summed E-state index contributed by atoms with van der Waals surface area (Å²) < 4.78 is 38.7. The molecule has 0 aliphatic carbocycles. The Hall–Kier alpha value is -1.77. The highest BCUT2D eigenvalue weighted by Gasteiger charge is 2.31. The molecule has 0 spiro atoms. The number of aliphatic hydroxyl groups is 1. The highest BCUT2D eigenvalue weighted by atomic mass is 19.4. The van der Waals surface area contributed by atoms with Gasteiger partial charge in [-0.3, -0.25) is 4.68 Å². The Morgan fingerprint density at radius 2 is 2.12 bits per heavy atom.